The molecular weight excluding hydrogens is 264 g/mol. The zero-order valence-electron chi connectivity index (χ0n) is 12.0. The van der Waals surface area contributed by atoms with Gasteiger partial charge < -0.3 is 14.8 Å². The first kappa shape index (κ1) is 13.5. The van der Waals surface area contributed by atoms with Gasteiger partial charge in [-0.2, -0.15) is 0 Å². The second-order valence-corrected chi connectivity index (χ2v) is 4.80. The molecule has 0 amide bonds. The van der Waals surface area contributed by atoms with Gasteiger partial charge in [-0.05, 0) is 23.8 Å². The summed E-state index contributed by atoms with van der Waals surface area (Å²) < 4.78 is 11.1. The number of nitrogens with one attached hydrogen (secondary N) is 1. The highest BCUT2D eigenvalue weighted by molar-refractivity contribution is 5.99. The van der Waals surface area contributed by atoms with Crippen molar-refractivity contribution in [1.82, 2.24) is 5.32 Å². The molecule has 3 rings (SSSR count). The van der Waals surface area contributed by atoms with Gasteiger partial charge in [0.1, 0.15) is 12.4 Å². The average Bonchev–Trinajstić information content (AvgIpc) is 3.08. The maximum absolute atomic E-state index is 5.85. The van der Waals surface area contributed by atoms with E-state index in [4.69, 9.17) is 9.47 Å². The van der Waals surface area contributed by atoms with Crippen molar-refractivity contribution < 1.29 is 9.47 Å². The van der Waals surface area contributed by atoms with E-state index < -0.39 is 0 Å². The molecule has 0 aliphatic carbocycles. The van der Waals surface area contributed by atoms with Crippen molar-refractivity contribution in [3.05, 3.63) is 59.7 Å². The van der Waals surface area contributed by atoms with Crippen LogP contribution in [0.25, 0.3) is 0 Å². The highest BCUT2D eigenvalue weighted by Crippen LogP contribution is 2.26. The van der Waals surface area contributed by atoms with E-state index in [2.05, 4.69) is 28.5 Å². The Balaban J connectivity index is 1.72. The molecule has 0 fully saturated rings. The molecule has 1 aliphatic rings. The molecule has 108 valence electrons. The van der Waals surface area contributed by atoms with Gasteiger partial charge in [0.15, 0.2) is 11.5 Å². The summed E-state index contributed by atoms with van der Waals surface area (Å²) >= 11 is 0. The van der Waals surface area contributed by atoms with Crippen LogP contribution in [0.15, 0.2) is 53.5 Å². The standard InChI is InChI=1S/C17H18N2O2/c1-20-15-7-2-3-8-16(15)21-12-13-5-4-6-14(11-13)17-18-9-10-19-17/h2-8,11H,9-10,12H2,1H3,(H,18,19). The first-order valence-corrected chi connectivity index (χ1v) is 7.00. The first-order chi connectivity index (χ1) is 10.4. The number of benzene rings is 2. The number of hydrogen-bond donors (Lipinski definition) is 1. The zero-order chi connectivity index (χ0) is 14.5. The van der Waals surface area contributed by atoms with Crippen molar-refractivity contribution >= 4 is 5.84 Å². The van der Waals surface area contributed by atoms with Crippen LogP contribution in [0.1, 0.15) is 11.1 Å². The fourth-order valence-corrected chi connectivity index (χ4v) is 2.30. The van der Waals surface area contributed by atoms with E-state index >= 15 is 0 Å². The second-order valence-electron chi connectivity index (χ2n) is 4.80. The maximum atomic E-state index is 5.85. The van der Waals surface area contributed by atoms with E-state index in [1.807, 2.05) is 30.3 Å². The Hall–Kier alpha value is -2.49. The summed E-state index contributed by atoms with van der Waals surface area (Å²) in [6.45, 7) is 2.26. The largest absolute Gasteiger partial charge is 0.493 e. The summed E-state index contributed by atoms with van der Waals surface area (Å²) in [5.74, 6) is 2.46. The Morgan fingerprint density at radius 3 is 2.71 bits per heavy atom. The highest BCUT2D eigenvalue weighted by atomic mass is 16.5. The molecule has 0 saturated heterocycles. The molecule has 1 N–H and O–H groups in total. The monoisotopic (exact) mass is 282 g/mol. The number of aliphatic imine (C=N–C) groups is 1. The van der Waals surface area contributed by atoms with Crippen molar-refractivity contribution in [3.63, 3.8) is 0 Å². The van der Waals surface area contributed by atoms with Gasteiger partial charge in [-0.1, -0.05) is 30.3 Å². The Morgan fingerprint density at radius 1 is 1.10 bits per heavy atom. The minimum absolute atomic E-state index is 0.501. The first-order valence-electron chi connectivity index (χ1n) is 7.00. The third kappa shape index (κ3) is 3.16. The number of hydrogen-bond acceptors (Lipinski definition) is 4. The van der Waals surface area contributed by atoms with Gasteiger partial charge in [0.25, 0.3) is 0 Å². The van der Waals surface area contributed by atoms with Crippen LogP contribution >= 0.6 is 0 Å². The lowest BCUT2D eigenvalue weighted by Crippen LogP contribution is -2.19. The Labute approximate surface area is 124 Å². The van der Waals surface area contributed by atoms with E-state index in [9.17, 15) is 0 Å². The van der Waals surface area contributed by atoms with Crippen molar-refractivity contribution in [3.8, 4) is 11.5 Å². The van der Waals surface area contributed by atoms with Crippen LogP contribution < -0.4 is 14.8 Å². The molecule has 0 bridgehead atoms. The average molecular weight is 282 g/mol. The third-order valence-corrected chi connectivity index (χ3v) is 3.34. The summed E-state index contributed by atoms with van der Waals surface area (Å²) in [6, 6.07) is 15.9. The van der Waals surface area contributed by atoms with Crippen LogP contribution in [0, 0.1) is 0 Å². The van der Waals surface area contributed by atoms with Gasteiger partial charge in [-0.15, -0.1) is 0 Å². The number of rotatable bonds is 5. The fraction of sp³-hybridized carbons (Fsp3) is 0.235. The van der Waals surface area contributed by atoms with Crippen LogP contribution in [-0.2, 0) is 6.61 Å². The molecule has 4 nitrogen and oxygen atoms in total. The van der Waals surface area contributed by atoms with Crippen molar-refractivity contribution in [2.45, 2.75) is 6.61 Å². The molecule has 0 atom stereocenters. The molecule has 21 heavy (non-hydrogen) atoms. The molecule has 2 aromatic rings. The lowest BCUT2D eigenvalue weighted by atomic mass is 10.1. The summed E-state index contributed by atoms with van der Waals surface area (Å²) in [5.41, 5.74) is 2.21. The van der Waals surface area contributed by atoms with Crippen molar-refractivity contribution in [2.24, 2.45) is 4.99 Å². The summed E-state index contributed by atoms with van der Waals surface area (Å²) in [7, 11) is 1.65. The molecule has 4 heteroatoms. The zero-order valence-corrected chi connectivity index (χ0v) is 12.0. The maximum Gasteiger partial charge on any atom is 0.161 e. The van der Waals surface area contributed by atoms with Crippen LogP contribution in [0.5, 0.6) is 11.5 Å². The third-order valence-electron chi connectivity index (χ3n) is 3.34. The quantitative estimate of drug-likeness (QED) is 0.916. The van der Waals surface area contributed by atoms with Gasteiger partial charge >= 0.3 is 0 Å². The summed E-state index contributed by atoms with van der Waals surface area (Å²) in [6.07, 6.45) is 0. The van der Waals surface area contributed by atoms with Gasteiger partial charge in [-0.3, -0.25) is 4.99 Å². The molecule has 1 heterocycles. The molecule has 0 unspecified atom stereocenters. The van der Waals surface area contributed by atoms with Crippen LogP contribution in [-0.4, -0.2) is 26.0 Å². The molecule has 0 saturated carbocycles. The predicted molar refractivity (Wildman–Crippen MR) is 83.2 cm³/mol. The molecule has 0 spiro atoms. The van der Waals surface area contributed by atoms with Gasteiger partial charge in [0.2, 0.25) is 0 Å². The molecule has 1 aliphatic heterocycles. The molecule has 2 aromatic carbocycles. The molecule has 0 radical (unpaired) electrons. The number of nitrogens with zero attached hydrogens (tertiary/aromatic N) is 1. The van der Waals surface area contributed by atoms with Gasteiger partial charge in [-0.25, -0.2) is 0 Å². The summed E-state index contributed by atoms with van der Waals surface area (Å²) in [5, 5.41) is 3.28. The molecule has 0 aromatic heterocycles. The SMILES string of the molecule is COc1ccccc1OCc1cccc(C2=NCCN2)c1. The Morgan fingerprint density at radius 2 is 1.95 bits per heavy atom. The highest BCUT2D eigenvalue weighted by Gasteiger charge is 2.09. The topological polar surface area (TPSA) is 42.9 Å². The van der Waals surface area contributed by atoms with Gasteiger partial charge in [0.05, 0.1) is 13.7 Å². The Kier molecular flexibility index (Phi) is 4.05. The number of methoxy groups -OCH3 is 1. The number of ether oxygens (including phenoxy) is 2. The van der Waals surface area contributed by atoms with E-state index in [0.717, 1.165) is 41.6 Å². The number of amidine groups is 1. The van der Waals surface area contributed by atoms with Crippen molar-refractivity contribution in [1.29, 1.82) is 0 Å². The minimum Gasteiger partial charge on any atom is -0.493 e. The van der Waals surface area contributed by atoms with Crippen LogP contribution in [0.4, 0.5) is 0 Å². The lowest BCUT2D eigenvalue weighted by molar-refractivity contribution is 0.284. The predicted octanol–water partition coefficient (Wildman–Crippen LogP) is 2.62. The lowest BCUT2D eigenvalue weighted by Gasteiger charge is -2.11. The smallest absolute Gasteiger partial charge is 0.161 e. The fourth-order valence-electron chi connectivity index (χ4n) is 2.30. The van der Waals surface area contributed by atoms with E-state index in [-0.39, 0.29) is 0 Å². The normalized spacial score (nSPS) is 13.5. The Bertz CT molecular complexity index is 653. The van der Waals surface area contributed by atoms with E-state index in [1.165, 1.54) is 0 Å². The minimum atomic E-state index is 0.501. The summed E-state index contributed by atoms with van der Waals surface area (Å²) in [4.78, 5) is 4.44. The molecular formula is C17H18N2O2. The van der Waals surface area contributed by atoms with E-state index in [1.54, 1.807) is 7.11 Å². The van der Waals surface area contributed by atoms with E-state index in [0.29, 0.717) is 6.61 Å². The van der Waals surface area contributed by atoms with Gasteiger partial charge in [0, 0.05) is 12.1 Å². The van der Waals surface area contributed by atoms with Crippen LogP contribution in [0.3, 0.4) is 0 Å². The number of para-hydroxylation sites is 2. The van der Waals surface area contributed by atoms with Crippen molar-refractivity contribution in [2.75, 3.05) is 20.2 Å². The van der Waals surface area contributed by atoms with Crippen LogP contribution in [0.2, 0.25) is 0 Å². The second kappa shape index (κ2) is 6.31.